The van der Waals surface area contributed by atoms with Crippen LogP contribution in [0.3, 0.4) is 0 Å². The van der Waals surface area contributed by atoms with Gasteiger partial charge in [0.05, 0.1) is 11.4 Å². The third kappa shape index (κ3) is 7.52. The first kappa shape index (κ1) is 34.4. The molecule has 0 radical (unpaired) electrons. The molecule has 5 aromatic carbocycles. The van der Waals surface area contributed by atoms with Crippen LogP contribution in [0.4, 0.5) is 11.4 Å². The van der Waals surface area contributed by atoms with Gasteiger partial charge in [-0.05, 0) is 109 Å². The number of halogens is 2. The average Bonchev–Trinajstić information content (AvgIpc) is 3.60. The van der Waals surface area contributed by atoms with E-state index < -0.39 is 0 Å². The van der Waals surface area contributed by atoms with Gasteiger partial charge in [0.1, 0.15) is 0 Å². The first-order valence-corrected chi connectivity index (χ1v) is 19.7. The molecule has 0 atom stereocenters. The zero-order chi connectivity index (χ0) is 34.5. The Hall–Kier alpha value is -4.00. The van der Waals surface area contributed by atoms with Crippen molar-refractivity contribution in [1.29, 1.82) is 0 Å². The van der Waals surface area contributed by atoms with Crippen molar-refractivity contribution in [3.8, 4) is 0 Å². The summed E-state index contributed by atoms with van der Waals surface area (Å²) in [6.07, 6.45) is 13.9. The molecule has 254 valence electrons. The van der Waals surface area contributed by atoms with Crippen LogP contribution in [0.25, 0.3) is 43.6 Å². The number of rotatable bonds is 14. The molecule has 50 heavy (non-hydrogen) atoms. The fourth-order valence-corrected chi connectivity index (χ4v) is 7.87. The molecule has 0 N–H and O–H groups in total. The molecule has 0 saturated heterocycles. The third-order valence-corrected chi connectivity index (χ3v) is 10.7. The number of nitrogens with zero attached hydrogens (tertiary/aromatic N) is 4. The lowest BCUT2D eigenvalue weighted by Gasteiger charge is -2.07. The van der Waals surface area contributed by atoms with Crippen LogP contribution in [0.5, 0.6) is 0 Å². The first-order valence-electron chi connectivity index (χ1n) is 18.1. The molecule has 0 saturated carbocycles. The Bertz CT molecular complexity index is 2160. The van der Waals surface area contributed by atoms with Gasteiger partial charge in [-0.3, -0.25) is 9.98 Å². The quantitative estimate of drug-likeness (QED) is 0.0777. The minimum Gasteiger partial charge on any atom is -0.340 e. The summed E-state index contributed by atoms with van der Waals surface area (Å²) in [6, 6.07) is 34.8. The number of aliphatic imine (C=N–C) groups is 2. The molecule has 7 rings (SSSR count). The number of hydrogen-bond acceptors (Lipinski definition) is 2. The third-order valence-electron chi connectivity index (χ3n) is 9.75. The van der Waals surface area contributed by atoms with E-state index in [1.807, 2.05) is 36.7 Å². The van der Waals surface area contributed by atoms with Crippen LogP contribution in [-0.4, -0.2) is 21.6 Å². The van der Waals surface area contributed by atoms with Crippen LogP contribution in [0.15, 0.2) is 116 Å². The maximum Gasteiger partial charge on any atom is 0.0631 e. The van der Waals surface area contributed by atoms with Crippen molar-refractivity contribution in [3.05, 3.63) is 117 Å². The lowest BCUT2D eigenvalue weighted by Crippen LogP contribution is -1.97. The Morgan fingerprint density at radius 1 is 0.460 bits per heavy atom. The highest BCUT2D eigenvalue weighted by Gasteiger charge is 2.13. The van der Waals surface area contributed by atoms with Gasteiger partial charge in [-0.2, -0.15) is 0 Å². The van der Waals surface area contributed by atoms with E-state index >= 15 is 0 Å². The molecule has 6 heteroatoms. The summed E-state index contributed by atoms with van der Waals surface area (Å²) in [5.41, 5.74) is 9.16. The Morgan fingerprint density at radius 2 is 0.840 bits per heavy atom. The molecular formula is C44H44Br2N4. The van der Waals surface area contributed by atoms with E-state index in [1.165, 1.54) is 95.0 Å². The number of benzene rings is 5. The molecule has 0 amide bonds. The first-order chi connectivity index (χ1) is 24.5. The predicted octanol–water partition coefficient (Wildman–Crippen LogP) is 14.1. The largest absolute Gasteiger partial charge is 0.340 e. The summed E-state index contributed by atoms with van der Waals surface area (Å²) in [5, 5.41) is 5.10. The summed E-state index contributed by atoms with van der Waals surface area (Å²) in [4.78, 5) is 9.64. The molecule has 0 bridgehead atoms. The smallest absolute Gasteiger partial charge is 0.0631 e. The van der Waals surface area contributed by atoms with E-state index in [2.05, 4.69) is 128 Å². The van der Waals surface area contributed by atoms with Crippen LogP contribution in [0, 0.1) is 0 Å². The van der Waals surface area contributed by atoms with E-state index in [4.69, 9.17) is 9.98 Å². The fourth-order valence-electron chi connectivity index (χ4n) is 7.15. The van der Waals surface area contributed by atoms with Crippen molar-refractivity contribution < 1.29 is 0 Å². The summed E-state index contributed by atoms with van der Waals surface area (Å²) in [5.74, 6) is 0. The highest BCUT2D eigenvalue weighted by atomic mass is 79.9. The Kier molecular flexibility index (Phi) is 11.0. The molecule has 0 fully saturated rings. The number of unbranched alkanes of at least 4 members (excludes halogenated alkanes) is 6. The van der Waals surface area contributed by atoms with Crippen LogP contribution in [0.2, 0.25) is 0 Å². The molecule has 7 aromatic rings. The van der Waals surface area contributed by atoms with E-state index in [0.717, 1.165) is 44.5 Å². The van der Waals surface area contributed by atoms with E-state index in [0.29, 0.717) is 0 Å². The van der Waals surface area contributed by atoms with Gasteiger partial charge in [0.2, 0.25) is 0 Å². The van der Waals surface area contributed by atoms with Gasteiger partial charge in [0, 0.05) is 78.1 Å². The van der Waals surface area contributed by atoms with E-state index in [1.54, 1.807) is 0 Å². The molecule has 0 spiro atoms. The molecule has 0 aliphatic heterocycles. The summed E-state index contributed by atoms with van der Waals surface area (Å²) in [6.45, 7) is 6.61. The minimum atomic E-state index is 0.906. The van der Waals surface area contributed by atoms with Gasteiger partial charge in [0.25, 0.3) is 0 Å². The van der Waals surface area contributed by atoms with Crippen molar-refractivity contribution in [2.45, 2.75) is 78.3 Å². The number of aryl methyl sites for hydroxylation is 2. The lowest BCUT2D eigenvalue weighted by molar-refractivity contribution is 0.602. The second-order valence-corrected chi connectivity index (χ2v) is 15.2. The highest BCUT2D eigenvalue weighted by Crippen LogP contribution is 2.34. The Labute approximate surface area is 312 Å². The summed E-state index contributed by atoms with van der Waals surface area (Å²) >= 11 is 7.39. The van der Waals surface area contributed by atoms with E-state index in [-0.39, 0.29) is 0 Å². The maximum absolute atomic E-state index is 4.82. The zero-order valence-electron chi connectivity index (χ0n) is 29.0. The highest BCUT2D eigenvalue weighted by molar-refractivity contribution is 9.10. The molecule has 2 aromatic heterocycles. The Balaban J connectivity index is 1.08. The van der Waals surface area contributed by atoms with Gasteiger partial charge in [-0.15, -0.1) is 0 Å². The van der Waals surface area contributed by atoms with E-state index in [9.17, 15) is 0 Å². The molecule has 0 aliphatic carbocycles. The van der Waals surface area contributed by atoms with Gasteiger partial charge in [-0.1, -0.05) is 96.4 Å². The SMILES string of the molecule is CCCCCCn1c2ccc(Br)cc2c2cc(C=Nc3ccc(N=Cc4ccc5c(c4)c4cc(Br)ccc4n5CCCCCC)cc3)ccc21. The molecule has 2 heterocycles. The summed E-state index contributed by atoms with van der Waals surface area (Å²) < 4.78 is 7.17. The summed E-state index contributed by atoms with van der Waals surface area (Å²) in [7, 11) is 0. The second kappa shape index (κ2) is 15.9. The van der Waals surface area contributed by atoms with Crippen molar-refractivity contribution in [1.82, 2.24) is 9.13 Å². The van der Waals surface area contributed by atoms with Crippen molar-refractivity contribution >= 4 is 99.3 Å². The van der Waals surface area contributed by atoms with Crippen LogP contribution >= 0.6 is 31.9 Å². The molecule has 0 unspecified atom stereocenters. The molecule has 0 aliphatic rings. The van der Waals surface area contributed by atoms with Crippen LogP contribution < -0.4 is 0 Å². The second-order valence-electron chi connectivity index (χ2n) is 13.3. The normalized spacial score (nSPS) is 12.2. The zero-order valence-corrected chi connectivity index (χ0v) is 32.2. The number of hydrogen-bond donors (Lipinski definition) is 0. The van der Waals surface area contributed by atoms with Crippen LogP contribution in [-0.2, 0) is 13.1 Å². The number of fused-ring (bicyclic) bond motifs is 6. The fraction of sp³-hybridized carbons (Fsp3) is 0.273. The van der Waals surface area contributed by atoms with Crippen molar-refractivity contribution in [3.63, 3.8) is 0 Å². The topological polar surface area (TPSA) is 34.6 Å². The van der Waals surface area contributed by atoms with Crippen molar-refractivity contribution in [2.24, 2.45) is 9.98 Å². The lowest BCUT2D eigenvalue weighted by atomic mass is 10.1. The number of aromatic nitrogens is 2. The van der Waals surface area contributed by atoms with Gasteiger partial charge in [0.15, 0.2) is 0 Å². The Morgan fingerprint density at radius 3 is 1.24 bits per heavy atom. The maximum atomic E-state index is 4.82. The van der Waals surface area contributed by atoms with Gasteiger partial charge < -0.3 is 9.13 Å². The standard InChI is InChI=1S/C44H44Br2N4/c1-3-5-7-9-23-49-41-19-11-31(25-37(41)39-27-33(45)13-21-43(39)49)29-47-35-15-17-36(18-16-35)48-30-32-12-20-42-38(26-32)40-28-34(46)14-22-44(40)50(42)24-10-8-6-4-2/h11-22,25-30H,3-10,23-24H2,1-2H3. The average molecular weight is 789 g/mol. The molecule has 4 nitrogen and oxygen atoms in total. The van der Waals surface area contributed by atoms with Crippen LogP contribution in [0.1, 0.15) is 76.3 Å². The molecular weight excluding hydrogens is 744 g/mol. The van der Waals surface area contributed by atoms with Gasteiger partial charge >= 0.3 is 0 Å². The minimum absolute atomic E-state index is 0.906. The predicted molar refractivity (Wildman–Crippen MR) is 224 cm³/mol. The monoisotopic (exact) mass is 786 g/mol. The van der Waals surface area contributed by atoms with Gasteiger partial charge in [-0.25, -0.2) is 0 Å². The van der Waals surface area contributed by atoms with Crippen molar-refractivity contribution in [2.75, 3.05) is 0 Å².